The summed E-state index contributed by atoms with van der Waals surface area (Å²) in [6.07, 6.45) is 0. The summed E-state index contributed by atoms with van der Waals surface area (Å²) in [5, 5.41) is 0. The molecule has 1 rings (SSSR count). The van der Waals surface area contributed by atoms with E-state index in [1.165, 1.54) is 12.1 Å². The van der Waals surface area contributed by atoms with Crippen LogP contribution in [0, 0.1) is 24.0 Å². The summed E-state index contributed by atoms with van der Waals surface area (Å²) in [4.78, 5) is 0. The number of halogens is 2. The number of benzene rings is 1. The van der Waals surface area contributed by atoms with Gasteiger partial charge in [0.05, 0.1) is 0 Å². The molecule has 0 saturated carbocycles. The van der Waals surface area contributed by atoms with Gasteiger partial charge in [-0.25, -0.2) is 8.78 Å². The minimum atomic E-state index is -0.641. The lowest BCUT2D eigenvalue weighted by Gasteiger charge is -2.28. The van der Waals surface area contributed by atoms with Crippen molar-refractivity contribution in [1.82, 2.24) is 0 Å². The number of nitrogens with two attached hydrogens (primary N) is 1. The van der Waals surface area contributed by atoms with E-state index in [1.54, 1.807) is 6.92 Å². The first kappa shape index (κ1) is 12.1. The van der Waals surface area contributed by atoms with Gasteiger partial charge in [-0.1, -0.05) is 26.8 Å². The summed E-state index contributed by atoms with van der Waals surface area (Å²) in [7, 11) is 0. The van der Waals surface area contributed by atoms with E-state index in [4.69, 9.17) is 5.73 Å². The second-order valence-corrected chi connectivity index (χ2v) is 4.94. The molecule has 1 atom stereocenters. The van der Waals surface area contributed by atoms with Crippen molar-refractivity contribution in [1.29, 1.82) is 0 Å². The van der Waals surface area contributed by atoms with E-state index in [2.05, 4.69) is 0 Å². The Morgan fingerprint density at radius 2 is 1.73 bits per heavy atom. The van der Waals surface area contributed by atoms with E-state index in [-0.39, 0.29) is 11.0 Å². The van der Waals surface area contributed by atoms with Gasteiger partial charge in [-0.3, -0.25) is 0 Å². The lowest BCUT2D eigenvalue weighted by Crippen LogP contribution is -2.28. The first-order valence-corrected chi connectivity index (χ1v) is 4.95. The Balaban J connectivity index is 3.31. The predicted octanol–water partition coefficient (Wildman–Crippen LogP) is 3.32. The monoisotopic (exact) mass is 213 g/mol. The standard InChI is InChI=1S/C12H17F2N/c1-7-5-6-8(13)9(10(7)14)11(15)12(2,3)4/h5-6,11H,15H2,1-4H3. The van der Waals surface area contributed by atoms with Crippen LogP contribution in [0.5, 0.6) is 0 Å². The van der Waals surface area contributed by atoms with E-state index in [1.807, 2.05) is 20.8 Å². The third-order valence-electron chi connectivity index (χ3n) is 2.56. The van der Waals surface area contributed by atoms with Gasteiger partial charge in [0, 0.05) is 11.6 Å². The zero-order valence-electron chi connectivity index (χ0n) is 9.57. The first-order chi connectivity index (χ1) is 6.75. The molecule has 2 N–H and O–H groups in total. The molecule has 1 aromatic carbocycles. The molecule has 0 radical (unpaired) electrons. The average Bonchev–Trinajstić information content (AvgIpc) is 2.10. The van der Waals surface area contributed by atoms with Gasteiger partial charge in [-0.2, -0.15) is 0 Å². The smallest absolute Gasteiger partial charge is 0.133 e. The molecule has 1 nitrogen and oxygen atoms in total. The Morgan fingerprint density at radius 3 is 2.20 bits per heavy atom. The highest BCUT2D eigenvalue weighted by atomic mass is 19.1. The van der Waals surface area contributed by atoms with Crippen LogP contribution in [-0.2, 0) is 0 Å². The Kier molecular flexibility index (Phi) is 3.14. The molecule has 1 unspecified atom stereocenters. The molecule has 0 saturated heterocycles. The lowest BCUT2D eigenvalue weighted by atomic mass is 9.82. The second-order valence-electron chi connectivity index (χ2n) is 4.94. The minimum Gasteiger partial charge on any atom is -0.323 e. The highest BCUT2D eigenvalue weighted by Crippen LogP contribution is 2.34. The molecule has 0 amide bonds. The quantitative estimate of drug-likeness (QED) is 0.760. The summed E-state index contributed by atoms with van der Waals surface area (Å²) in [5.41, 5.74) is 5.91. The van der Waals surface area contributed by atoms with Gasteiger partial charge >= 0.3 is 0 Å². The molecular weight excluding hydrogens is 196 g/mol. The molecule has 0 aliphatic carbocycles. The molecule has 15 heavy (non-hydrogen) atoms. The van der Waals surface area contributed by atoms with Crippen molar-refractivity contribution in [3.05, 3.63) is 34.9 Å². The van der Waals surface area contributed by atoms with Gasteiger partial charge in [-0.05, 0) is 24.0 Å². The Morgan fingerprint density at radius 1 is 1.20 bits per heavy atom. The van der Waals surface area contributed by atoms with Crippen LogP contribution in [0.2, 0.25) is 0 Å². The summed E-state index contributed by atoms with van der Waals surface area (Å²) in [5.74, 6) is -1.10. The third-order valence-corrected chi connectivity index (χ3v) is 2.56. The van der Waals surface area contributed by atoms with Crippen LogP contribution in [0.15, 0.2) is 12.1 Å². The zero-order chi connectivity index (χ0) is 11.8. The van der Waals surface area contributed by atoms with Crippen LogP contribution in [0.4, 0.5) is 8.78 Å². The van der Waals surface area contributed by atoms with Crippen molar-refractivity contribution >= 4 is 0 Å². The molecule has 0 aliphatic heterocycles. The van der Waals surface area contributed by atoms with Crippen molar-refractivity contribution in [3.63, 3.8) is 0 Å². The van der Waals surface area contributed by atoms with Crippen molar-refractivity contribution in [2.24, 2.45) is 11.1 Å². The SMILES string of the molecule is Cc1ccc(F)c(C(N)C(C)(C)C)c1F. The number of aryl methyl sites for hydroxylation is 1. The Hall–Kier alpha value is -0.960. The van der Waals surface area contributed by atoms with Crippen LogP contribution in [-0.4, -0.2) is 0 Å². The highest BCUT2D eigenvalue weighted by Gasteiger charge is 2.28. The minimum absolute atomic E-state index is 0.0116. The summed E-state index contributed by atoms with van der Waals surface area (Å²) < 4.78 is 27.2. The lowest BCUT2D eigenvalue weighted by molar-refractivity contribution is 0.310. The van der Waals surface area contributed by atoms with Gasteiger partial charge in [0.2, 0.25) is 0 Å². The predicted molar refractivity (Wildman–Crippen MR) is 57.5 cm³/mol. The molecule has 0 spiro atoms. The number of rotatable bonds is 1. The highest BCUT2D eigenvalue weighted by molar-refractivity contribution is 5.30. The average molecular weight is 213 g/mol. The third kappa shape index (κ3) is 2.34. The van der Waals surface area contributed by atoms with Crippen LogP contribution in [0.25, 0.3) is 0 Å². The molecule has 3 heteroatoms. The number of hydrogen-bond donors (Lipinski definition) is 1. The maximum absolute atomic E-state index is 13.7. The summed E-state index contributed by atoms with van der Waals surface area (Å²) >= 11 is 0. The molecule has 0 fully saturated rings. The van der Waals surface area contributed by atoms with E-state index in [0.717, 1.165) is 0 Å². The van der Waals surface area contributed by atoms with Gasteiger partial charge in [-0.15, -0.1) is 0 Å². The summed E-state index contributed by atoms with van der Waals surface area (Å²) in [6, 6.07) is 2.04. The van der Waals surface area contributed by atoms with Gasteiger partial charge in [0.1, 0.15) is 11.6 Å². The van der Waals surface area contributed by atoms with Gasteiger partial charge in [0.25, 0.3) is 0 Å². The fourth-order valence-electron chi connectivity index (χ4n) is 1.40. The van der Waals surface area contributed by atoms with Crippen LogP contribution in [0.1, 0.15) is 37.9 Å². The fourth-order valence-corrected chi connectivity index (χ4v) is 1.40. The molecule has 0 heterocycles. The van der Waals surface area contributed by atoms with Crippen LogP contribution in [0.3, 0.4) is 0 Å². The molecule has 0 bridgehead atoms. The van der Waals surface area contributed by atoms with Crippen molar-refractivity contribution < 1.29 is 8.78 Å². The molecule has 1 aromatic rings. The van der Waals surface area contributed by atoms with Gasteiger partial charge in [0.15, 0.2) is 0 Å². The van der Waals surface area contributed by atoms with Gasteiger partial charge < -0.3 is 5.73 Å². The van der Waals surface area contributed by atoms with Crippen molar-refractivity contribution in [2.45, 2.75) is 33.7 Å². The largest absolute Gasteiger partial charge is 0.323 e. The Bertz CT molecular complexity index is 367. The molecule has 0 aromatic heterocycles. The maximum Gasteiger partial charge on any atom is 0.133 e. The Labute approximate surface area is 89.3 Å². The molecule has 84 valence electrons. The topological polar surface area (TPSA) is 26.0 Å². The number of hydrogen-bond acceptors (Lipinski definition) is 1. The first-order valence-electron chi connectivity index (χ1n) is 4.95. The second kappa shape index (κ2) is 3.89. The fraction of sp³-hybridized carbons (Fsp3) is 0.500. The van der Waals surface area contributed by atoms with Crippen molar-refractivity contribution in [2.75, 3.05) is 0 Å². The zero-order valence-corrected chi connectivity index (χ0v) is 9.57. The van der Waals surface area contributed by atoms with E-state index >= 15 is 0 Å². The van der Waals surface area contributed by atoms with E-state index in [9.17, 15) is 8.78 Å². The molecular formula is C12H17F2N. The van der Waals surface area contributed by atoms with E-state index in [0.29, 0.717) is 5.56 Å². The molecule has 0 aliphatic rings. The normalized spacial score (nSPS) is 14.1. The summed E-state index contributed by atoms with van der Waals surface area (Å²) in [6.45, 7) is 7.18. The maximum atomic E-state index is 13.7. The van der Waals surface area contributed by atoms with Crippen molar-refractivity contribution in [3.8, 4) is 0 Å². The van der Waals surface area contributed by atoms with E-state index < -0.39 is 17.7 Å². The van der Waals surface area contributed by atoms with Crippen LogP contribution >= 0.6 is 0 Å². The van der Waals surface area contributed by atoms with Crippen LogP contribution < -0.4 is 5.73 Å².